The van der Waals surface area contributed by atoms with E-state index in [4.69, 9.17) is 4.74 Å². The Bertz CT molecular complexity index is 1160. The van der Waals surface area contributed by atoms with Crippen molar-refractivity contribution in [3.05, 3.63) is 71.9 Å². The zero-order chi connectivity index (χ0) is 16.3. The SMILES string of the molecule is COc1c2c(cc3ccccc13)C(=O)c1c-2ncc2ccccc12. The lowest BCUT2D eigenvalue weighted by atomic mass is 10.0. The third kappa shape index (κ3) is 1.56. The number of carbonyl (C=O) groups is 1. The van der Waals surface area contributed by atoms with Crippen molar-refractivity contribution in [3.63, 3.8) is 0 Å². The number of fused-ring (bicyclic) bond motifs is 6. The summed E-state index contributed by atoms with van der Waals surface area (Å²) < 4.78 is 5.70. The molecular weight excluding hydrogens is 298 g/mol. The van der Waals surface area contributed by atoms with Gasteiger partial charge in [-0.1, -0.05) is 48.5 Å². The minimum Gasteiger partial charge on any atom is -0.495 e. The van der Waals surface area contributed by atoms with Crippen molar-refractivity contribution in [3.8, 4) is 17.0 Å². The number of aromatic nitrogens is 1. The molecule has 1 aliphatic rings. The molecule has 1 aromatic heterocycles. The Morgan fingerprint density at radius 1 is 0.875 bits per heavy atom. The van der Waals surface area contributed by atoms with Crippen molar-refractivity contribution in [1.29, 1.82) is 0 Å². The van der Waals surface area contributed by atoms with Gasteiger partial charge in [0.2, 0.25) is 0 Å². The Hall–Kier alpha value is -3.20. The highest BCUT2D eigenvalue weighted by Crippen LogP contribution is 2.47. The first-order valence-corrected chi connectivity index (χ1v) is 7.82. The first kappa shape index (κ1) is 13.3. The highest BCUT2D eigenvalue weighted by Gasteiger charge is 2.33. The third-order valence-corrected chi connectivity index (χ3v) is 4.71. The fourth-order valence-corrected chi connectivity index (χ4v) is 3.66. The van der Waals surface area contributed by atoms with Crippen LogP contribution in [0.5, 0.6) is 5.75 Å². The summed E-state index contributed by atoms with van der Waals surface area (Å²) in [6.45, 7) is 0. The van der Waals surface area contributed by atoms with Gasteiger partial charge in [-0.2, -0.15) is 0 Å². The van der Waals surface area contributed by atoms with Crippen LogP contribution in [0, 0.1) is 0 Å². The maximum absolute atomic E-state index is 13.1. The minimum atomic E-state index is 0.0216. The number of hydrogen-bond acceptors (Lipinski definition) is 3. The number of pyridine rings is 1. The van der Waals surface area contributed by atoms with E-state index in [0.717, 1.165) is 38.6 Å². The Morgan fingerprint density at radius 2 is 1.58 bits per heavy atom. The largest absolute Gasteiger partial charge is 0.495 e. The van der Waals surface area contributed by atoms with E-state index in [2.05, 4.69) is 4.98 Å². The summed E-state index contributed by atoms with van der Waals surface area (Å²) in [4.78, 5) is 17.7. The molecule has 1 heterocycles. The van der Waals surface area contributed by atoms with E-state index >= 15 is 0 Å². The van der Waals surface area contributed by atoms with Crippen LogP contribution in [0.4, 0.5) is 0 Å². The maximum atomic E-state index is 13.1. The Kier molecular flexibility index (Phi) is 2.57. The van der Waals surface area contributed by atoms with E-state index in [1.807, 2.05) is 60.8 Å². The quantitative estimate of drug-likeness (QED) is 0.454. The molecule has 0 amide bonds. The Morgan fingerprint density at radius 3 is 2.38 bits per heavy atom. The van der Waals surface area contributed by atoms with Gasteiger partial charge in [0.05, 0.1) is 23.9 Å². The van der Waals surface area contributed by atoms with Gasteiger partial charge in [0.15, 0.2) is 5.78 Å². The van der Waals surface area contributed by atoms with Gasteiger partial charge in [-0.05, 0) is 16.8 Å². The third-order valence-electron chi connectivity index (χ3n) is 4.71. The summed E-state index contributed by atoms with van der Waals surface area (Å²) in [5.74, 6) is 0.742. The summed E-state index contributed by atoms with van der Waals surface area (Å²) in [5, 5.41) is 3.91. The second-order valence-corrected chi connectivity index (χ2v) is 5.95. The molecule has 0 unspecified atom stereocenters. The van der Waals surface area contributed by atoms with Gasteiger partial charge in [-0.25, -0.2) is 0 Å². The summed E-state index contributed by atoms with van der Waals surface area (Å²) in [7, 11) is 1.64. The topological polar surface area (TPSA) is 39.2 Å². The van der Waals surface area contributed by atoms with Crippen LogP contribution in [0.25, 0.3) is 32.8 Å². The monoisotopic (exact) mass is 311 g/mol. The Balaban J connectivity index is 1.97. The molecule has 4 aromatic rings. The van der Waals surface area contributed by atoms with Crippen molar-refractivity contribution in [1.82, 2.24) is 4.98 Å². The summed E-state index contributed by atoms with van der Waals surface area (Å²) in [6.07, 6.45) is 1.82. The number of rotatable bonds is 1. The fraction of sp³-hybridized carbons (Fsp3) is 0.0476. The zero-order valence-electron chi connectivity index (χ0n) is 13.0. The van der Waals surface area contributed by atoms with Crippen LogP contribution in [0.3, 0.4) is 0 Å². The summed E-state index contributed by atoms with van der Waals surface area (Å²) in [6, 6.07) is 17.8. The molecule has 0 fully saturated rings. The smallest absolute Gasteiger partial charge is 0.196 e. The average molecular weight is 311 g/mol. The molecule has 0 atom stereocenters. The van der Waals surface area contributed by atoms with Gasteiger partial charge < -0.3 is 4.74 Å². The molecule has 1 aliphatic carbocycles. The summed E-state index contributed by atoms with van der Waals surface area (Å²) in [5.41, 5.74) is 2.87. The molecule has 0 spiro atoms. The van der Waals surface area contributed by atoms with Gasteiger partial charge in [-0.15, -0.1) is 0 Å². The van der Waals surface area contributed by atoms with Gasteiger partial charge in [0.1, 0.15) is 5.75 Å². The molecule has 24 heavy (non-hydrogen) atoms. The van der Waals surface area contributed by atoms with E-state index in [1.165, 1.54) is 0 Å². The Labute approximate surface area is 138 Å². The first-order valence-electron chi connectivity index (χ1n) is 7.82. The number of ether oxygens (including phenoxy) is 1. The van der Waals surface area contributed by atoms with Gasteiger partial charge in [-0.3, -0.25) is 9.78 Å². The van der Waals surface area contributed by atoms with Crippen LogP contribution in [-0.2, 0) is 0 Å². The molecule has 114 valence electrons. The molecule has 0 bridgehead atoms. The molecule has 0 saturated carbocycles. The van der Waals surface area contributed by atoms with E-state index in [9.17, 15) is 4.79 Å². The predicted molar refractivity (Wildman–Crippen MR) is 94.7 cm³/mol. The normalized spacial score (nSPS) is 12.5. The molecule has 3 heteroatoms. The van der Waals surface area contributed by atoms with Crippen LogP contribution in [0.1, 0.15) is 15.9 Å². The lowest BCUT2D eigenvalue weighted by molar-refractivity contribution is 0.104. The van der Waals surface area contributed by atoms with E-state index < -0.39 is 0 Å². The van der Waals surface area contributed by atoms with Crippen LogP contribution >= 0.6 is 0 Å². The fourth-order valence-electron chi connectivity index (χ4n) is 3.66. The van der Waals surface area contributed by atoms with Crippen molar-refractivity contribution in [2.75, 3.05) is 7.11 Å². The molecule has 3 aromatic carbocycles. The number of methoxy groups -OCH3 is 1. The second kappa shape index (κ2) is 4.65. The molecule has 3 nitrogen and oxygen atoms in total. The summed E-state index contributed by atoms with van der Waals surface area (Å²) >= 11 is 0. The van der Waals surface area contributed by atoms with Crippen molar-refractivity contribution >= 4 is 27.3 Å². The highest BCUT2D eigenvalue weighted by molar-refractivity contribution is 6.29. The lowest BCUT2D eigenvalue weighted by Crippen LogP contribution is -1.97. The first-order chi connectivity index (χ1) is 11.8. The molecule has 0 aliphatic heterocycles. The minimum absolute atomic E-state index is 0.0216. The number of hydrogen-bond donors (Lipinski definition) is 0. The van der Waals surface area contributed by atoms with E-state index in [-0.39, 0.29) is 5.78 Å². The molecule has 5 rings (SSSR count). The highest BCUT2D eigenvalue weighted by atomic mass is 16.5. The standard InChI is InChI=1S/C21H13NO2/c1-24-21-15-9-5-2-6-12(15)10-16-18(21)19-17(20(16)23)14-8-4-3-7-13(14)11-22-19/h2-11H,1H3. The lowest BCUT2D eigenvalue weighted by Gasteiger charge is -2.11. The van der Waals surface area contributed by atoms with E-state index in [0.29, 0.717) is 11.1 Å². The van der Waals surface area contributed by atoms with Crippen LogP contribution in [-0.4, -0.2) is 17.9 Å². The van der Waals surface area contributed by atoms with E-state index in [1.54, 1.807) is 7.11 Å². The van der Waals surface area contributed by atoms with Gasteiger partial charge >= 0.3 is 0 Å². The van der Waals surface area contributed by atoms with Crippen LogP contribution < -0.4 is 4.74 Å². The van der Waals surface area contributed by atoms with Gasteiger partial charge in [0, 0.05) is 22.5 Å². The number of nitrogens with zero attached hydrogens (tertiary/aromatic N) is 1. The maximum Gasteiger partial charge on any atom is 0.196 e. The van der Waals surface area contributed by atoms with Crippen molar-refractivity contribution in [2.45, 2.75) is 0 Å². The van der Waals surface area contributed by atoms with Crippen LogP contribution in [0.2, 0.25) is 0 Å². The molecule has 0 saturated heterocycles. The zero-order valence-corrected chi connectivity index (χ0v) is 13.0. The predicted octanol–water partition coefficient (Wildman–Crippen LogP) is 4.61. The van der Waals surface area contributed by atoms with Crippen molar-refractivity contribution in [2.24, 2.45) is 0 Å². The van der Waals surface area contributed by atoms with Crippen LogP contribution in [0.15, 0.2) is 60.8 Å². The second-order valence-electron chi connectivity index (χ2n) is 5.95. The number of carbonyl (C=O) groups excluding carboxylic acids is 1. The number of ketones is 1. The van der Waals surface area contributed by atoms with Crippen molar-refractivity contribution < 1.29 is 9.53 Å². The number of benzene rings is 3. The molecule has 0 radical (unpaired) electrons. The average Bonchev–Trinajstić information content (AvgIpc) is 2.92. The molecular formula is C21H13NO2. The molecule has 0 N–H and O–H groups in total. The van der Waals surface area contributed by atoms with Gasteiger partial charge in [0.25, 0.3) is 0 Å².